The molecule has 1 aromatic heterocycles. The SMILES string of the molecule is Cn1ncc(Br)c1C(=O)CSC1CCCC1. The molecule has 0 radical (unpaired) electrons. The first kappa shape index (κ1) is 12.2. The summed E-state index contributed by atoms with van der Waals surface area (Å²) in [5.41, 5.74) is 0.686. The number of hydrogen-bond acceptors (Lipinski definition) is 3. The van der Waals surface area contributed by atoms with Crippen LogP contribution in [0.1, 0.15) is 36.2 Å². The van der Waals surface area contributed by atoms with E-state index >= 15 is 0 Å². The van der Waals surface area contributed by atoms with Crippen molar-refractivity contribution in [2.24, 2.45) is 7.05 Å². The third kappa shape index (κ3) is 2.69. The Labute approximate surface area is 108 Å². The van der Waals surface area contributed by atoms with Gasteiger partial charge in [-0.2, -0.15) is 16.9 Å². The van der Waals surface area contributed by atoms with E-state index in [-0.39, 0.29) is 5.78 Å². The Bertz CT molecular complexity index is 366. The Kier molecular flexibility index (Phi) is 4.08. The van der Waals surface area contributed by atoms with E-state index in [4.69, 9.17) is 0 Å². The second-order valence-corrected chi connectivity index (χ2v) is 6.25. The summed E-state index contributed by atoms with van der Waals surface area (Å²) in [7, 11) is 1.80. The lowest BCUT2D eigenvalue weighted by atomic mass is 10.3. The molecule has 0 unspecified atom stereocenters. The fraction of sp³-hybridized carbons (Fsp3) is 0.636. The fourth-order valence-electron chi connectivity index (χ4n) is 2.04. The van der Waals surface area contributed by atoms with Crippen molar-refractivity contribution in [3.05, 3.63) is 16.4 Å². The largest absolute Gasteiger partial charge is 0.291 e. The summed E-state index contributed by atoms with van der Waals surface area (Å²) in [5.74, 6) is 0.742. The van der Waals surface area contributed by atoms with Gasteiger partial charge in [0, 0.05) is 12.3 Å². The summed E-state index contributed by atoms with van der Waals surface area (Å²) in [4.78, 5) is 12.0. The molecule has 0 N–H and O–H groups in total. The van der Waals surface area contributed by atoms with E-state index in [2.05, 4.69) is 21.0 Å². The summed E-state index contributed by atoms with van der Waals surface area (Å²) < 4.78 is 2.44. The fourth-order valence-corrected chi connectivity index (χ4v) is 3.80. The lowest BCUT2D eigenvalue weighted by Gasteiger charge is -2.08. The monoisotopic (exact) mass is 302 g/mol. The van der Waals surface area contributed by atoms with Crippen molar-refractivity contribution in [3.8, 4) is 0 Å². The minimum atomic E-state index is 0.170. The smallest absolute Gasteiger partial charge is 0.191 e. The van der Waals surface area contributed by atoms with Gasteiger partial charge in [-0.25, -0.2) is 0 Å². The molecular formula is C11H15BrN2OS. The van der Waals surface area contributed by atoms with Crippen LogP contribution in [-0.4, -0.2) is 26.6 Å². The lowest BCUT2D eigenvalue weighted by Crippen LogP contribution is -2.11. The van der Waals surface area contributed by atoms with Gasteiger partial charge in [0.2, 0.25) is 0 Å². The molecule has 88 valence electrons. The molecule has 0 atom stereocenters. The van der Waals surface area contributed by atoms with Crippen molar-refractivity contribution in [1.29, 1.82) is 0 Å². The van der Waals surface area contributed by atoms with Gasteiger partial charge in [0.1, 0.15) is 5.69 Å². The zero-order chi connectivity index (χ0) is 11.5. The molecular weight excluding hydrogens is 288 g/mol. The molecule has 3 nitrogen and oxygen atoms in total. The summed E-state index contributed by atoms with van der Waals surface area (Å²) in [5, 5.41) is 4.75. The van der Waals surface area contributed by atoms with Gasteiger partial charge >= 0.3 is 0 Å². The number of carbonyl (C=O) groups excluding carboxylic acids is 1. The maximum absolute atomic E-state index is 12.0. The van der Waals surface area contributed by atoms with Crippen LogP contribution in [0.25, 0.3) is 0 Å². The topological polar surface area (TPSA) is 34.9 Å². The number of ketones is 1. The Balaban J connectivity index is 1.92. The third-order valence-corrected chi connectivity index (χ3v) is 4.86. The van der Waals surface area contributed by atoms with Gasteiger partial charge in [-0.3, -0.25) is 9.48 Å². The van der Waals surface area contributed by atoms with Crippen LogP contribution in [0.4, 0.5) is 0 Å². The van der Waals surface area contributed by atoms with E-state index in [0.717, 1.165) is 4.47 Å². The molecule has 1 heterocycles. The predicted octanol–water partition coefficient (Wildman–Crippen LogP) is 3.04. The van der Waals surface area contributed by atoms with Crippen molar-refractivity contribution in [3.63, 3.8) is 0 Å². The number of nitrogens with zero attached hydrogens (tertiary/aromatic N) is 2. The standard InChI is InChI=1S/C11H15BrN2OS/c1-14-11(9(12)6-13-14)10(15)7-16-8-4-2-3-5-8/h6,8H,2-5,7H2,1H3. The second-order valence-electron chi connectivity index (χ2n) is 4.11. The third-order valence-electron chi connectivity index (χ3n) is 2.91. The first-order valence-electron chi connectivity index (χ1n) is 5.51. The van der Waals surface area contributed by atoms with Gasteiger partial charge in [0.15, 0.2) is 5.78 Å². The molecule has 1 fully saturated rings. The van der Waals surface area contributed by atoms with E-state index < -0.39 is 0 Å². The van der Waals surface area contributed by atoms with Crippen molar-refractivity contribution in [2.45, 2.75) is 30.9 Å². The summed E-state index contributed by atoms with van der Waals surface area (Å²) in [6, 6.07) is 0. The lowest BCUT2D eigenvalue weighted by molar-refractivity contribution is 0.101. The van der Waals surface area contributed by atoms with Gasteiger partial charge in [-0.1, -0.05) is 12.8 Å². The van der Waals surface area contributed by atoms with Crippen LogP contribution in [0.2, 0.25) is 0 Å². The van der Waals surface area contributed by atoms with E-state index in [9.17, 15) is 4.79 Å². The molecule has 0 aliphatic heterocycles. The maximum atomic E-state index is 12.0. The number of aryl methyl sites for hydroxylation is 1. The van der Waals surface area contributed by atoms with Crippen molar-refractivity contribution in [1.82, 2.24) is 9.78 Å². The van der Waals surface area contributed by atoms with E-state index in [1.54, 1.807) is 29.7 Å². The highest BCUT2D eigenvalue weighted by atomic mass is 79.9. The molecule has 1 aliphatic carbocycles. The quantitative estimate of drug-likeness (QED) is 0.802. The molecule has 0 spiro atoms. The predicted molar refractivity (Wildman–Crippen MR) is 70.0 cm³/mol. The van der Waals surface area contributed by atoms with Crippen LogP contribution in [0.3, 0.4) is 0 Å². The summed E-state index contributed by atoms with van der Waals surface area (Å²) in [6.07, 6.45) is 6.85. The van der Waals surface area contributed by atoms with E-state index in [0.29, 0.717) is 16.7 Å². The zero-order valence-electron chi connectivity index (χ0n) is 9.28. The highest BCUT2D eigenvalue weighted by Crippen LogP contribution is 2.30. The molecule has 16 heavy (non-hydrogen) atoms. The first-order chi connectivity index (χ1) is 7.68. The van der Waals surface area contributed by atoms with Crippen LogP contribution in [0, 0.1) is 0 Å². The number of carbonyl (C=O) groups is 1. The number of aromatic nitrogens is 2. The van der Waals surface area contributed by atoms with E-state index in [1.165, 1.54) is 25.7 Å². The maximum Gasteiger partial charge on any atom is 0.191 e. The summed E-state index contributed by atoms with van der Waals surface area (Å²) >= 11 is 5.15. The molecule has 1 aliphatic rings. The number of rotatable bonds is 4. The molecule has 0 bridgehead atoms. The second kappa shape index (κ2) is 5.36. The van der Waals surface area contributed by atoms with Gasteiger partial charge in [0.05, 0.1) is 16.4 Å². The van der Waals surface area contributed by atoms with Gasteiger partial charge in [-0.15, -0.1) is 0 Å². The highest BCUT2D eigenvalue weighted by Gasteiger charge is 2.20. The Morgan fingerprint density at radius 3 is 2.88 bits per heavy atom. The van der Waals surface area contributed by atoms with Crippen molar-refractivity contribution in [2.75, 3.05) is 5.75 Å². The number of thioether (sulfide) groups is 1. The minimum Gasteiger partial charge on any atom is -0.291 e. The number of Topliss-reactive ketones (excluding diaryl/α,β-unsaturated/α-hetero) is 1. The Hall–Kier alpha value is -0.290. The molecule has 1 saturated carbocycles. The van der Waals surface area contributed by atoms with Crippen LogP contribution in [0.5, 0.6) is 0 Å². The highest BCUT2D eigenvalue weighted by molar-refractivity contribution is 9.10. The molecule has 1 aromatic rings. The van der Waals surface area contributed by atoms with Crippen LogP contribution in [0.15, 0.2) is 10.7 Å². The van der Waals surface area contributed by atoms with Crippen LogP contribution >= 0.6 is 27.7 Å². The Morgan fingerprint density at radius 2 is 2.31 bits per heavy atom. The van der Waals surface area contributed by atoms with Gasteiger partial charge in [0.25, 0.3) is 0 Å². The van der Waals surface area contributed by atoms with Gasteiger partial charge in [-0.05, 0) is 28.8 Å². The molecule has 2 rings (SSSR count). The molecule has 5 heteroatoms. The minimum absolute atomic E-state index is 0.170. The average molecular weight is 303 g/mol. The Morgan fingerprint density at radius 1 is 1.62 bits per heavy atom. The van der Waals surface area contributed by atoms with Crippen molar-refractivity contribution >= 4 is 33.5 Å². The molecule has 0 saturated heterocycles. The first-order valence-corrected chi connectivity index (χ1v) is 7.35. The van der Waals surface area contributed by atoms with Crippen molar-refractivity contribution < 1.29 is 4.79 Å². The normalized spacial score (nSPS) is 16.9. The number of hydrogen-bond donors (Lipinski definition) is 0. The number of halogens is 1. The summed E-state index contributed by atoms with van der Waals surface area (Å²) in [6.45, 7) is 0. The molecule has 0 aromatic carbocycles. The van der Waals surface area contributed by atoms with Gasteiger partial charge < -0.3 is 0 Å². The average Bonchev–Trinajstić information content (AvgIpc) is 2.86. The zero-order valence-corrected chi connectivity index (χ0v) is 11.7. The van der Waals surface area contributed by atoms with Crippen LogP contribution < -0.4 is 0 Å². The molecule has 0 amide bonds. The van der Waals surface area contributed by atoms with E-state index in [1.807, 2.05) is 0 Å². The van der Waals surface area contributed by atoms with Crippen LogP contribution in [-0.2, 0) is 7.05 Å².